The van der Waals surface area contributed by atoms with Crippen molar-refractivity contribution in [2.45, 2.75) is 25.7 Å². The largest absolute Gasteiger partial charge is 0.317 e. The lowest BCUT2D eigenvalue weighted by Crippen LogP contribution is -2.27. The Morgan fingerprint density at radius 2 is 2.00 bits per heavy atom. The van der Waals surface area contributed by atoms with E-state index in [0.717, 1.165) is 11.8 Å². The summed E-state index contributed by atoms with van der Waals surface area (Å²) >= 11 is 5.61. The number of piperidine rings is 1. The van der Waals surface area contributed by atoms with Crippen LogP contribution in [0.5, 0.6) is 0 Å². The first-order valence-corrected chi connectivity index (χ1v) is 4.73. The minimum absolute atomic E-state index is 0.837. The molecule has 1 rings (SSSR count). The number of hydrogen-bond acceptors (Lipinski definition) is 1. The maximum Gasteiger partial charge on any atom is 0.0223 e. The van der Waals surface area contributed by atoms with Crippen molar-refractivity contribution in [1.82, 2.24) is 5.32 Å². The van der Waals surface area contributed by atoms with Gasteiger partial charge in [0.25, 0.3) is 0 Å². The standard InChI is InChI=1S/C8H16ClN/c9-5-1-2-8-3-6-10-7-4-8/h8,10H,1-7H2. The molecule has 10 heavy (non-hydrogen) atoms. The first-order valence-electron chi connectivity index (χ1n) is 4.20. The van der Waals surface area contributed by atoms with Gasteiger partial charge in [-0.25, -0.2) is 0 Å². The lowest BCUT2D eigenvalue weighted by molar-refractivity contribution is 0.352. The molecule has 0 amide bonds. The highest BCUT2D eigenvalue weighted by Gasteiger charge is 2.11. The monoisotopic (exact) mass is 161 g/mol. The van der Waals surface area contributed by atoms with Crippen molar-refractivity contribution in [1.29, 1.82) is 0 Å². The van der Waals surface area contributed by atoms with Crippen LogP contribution < -0.4 is 5.32 Å². The van der Waals surface area contributed by atoms with Crippen LogP contribution in [0.1, 0.15) is 25.7 Å². The van der Waals surface area contributed by atoms with Gasteiger partial charge >= 0.3 is 0 Å². The molecule has 1 aliphatic rings. The maximum absolute atomic E-state index is 5.61. The van der Waals surface area contributed by atoms with Crippen LogP contribution in [-0.2, 0) is 0 Å². The van der Waals surface area contributed by atoms with Crippen molar-refractivity contribution in [2.24, 2.45) is 5.92 Å². The summed E-state index contributed by atoms with van der Waals surface area (Å²) in [5, 5.41) is 3.36. The SMILES string of the molecule is ClCCCC1CCNCC1. The average Bonchev–Trinajstić information content (AvgIpc) is 2.03. The highest BCUT2D eigenvalue weighted by atomic mass is 35.5. The second kappa shape index (κ2) is 4.97. The van der Waals surface area contributed by atoms with Gasteiger partial charge < -0.3 is 5.32 Å². The highest BCUT2D eigenvalue weighted by molar-refractivity contribution is 6.17. The molecule has 0 aromatic rings. The van der Waals surface area contributed by atoms with Crippen LogP contribution >= 0.6 is 11.6 Å². The molecule has 1 saturated heterocycles. The Hall–Kier alpha value is 0.250. The maximum atomic E-state index is 5.61. The summed E-state index contributed by atoms with van der Waals surface area (Å²) in [6.45, 7) is 2.43. The van der Waals surface area contributed by atoms with Crippen LogP contribution in [-0.4, -0.2) is 19.0 Å². The Labute approximate surface area is 68.1 Å². The molecule has 1 heterocycles. The van der Waals surface area contributed by atoms with Crippen LogP contribution in [0.3, 0.4) is 0 Å². The van der Waals surface area contributed by atoms with Gasteiger partial charge in [0.2, 0.25) is 0 Å². The second-order valence-corrected chi connectivity index (χ2v) is 3.40. The van der Waals surface area contributed by atoms with Crippen LogP contribution in [0.25, 0.3) is 0 Å². The summed E-state index contributed by atoms with van der Waals surface area (Å²) in [6.07, 6.45) is 5.26. The Bertz CT molecular complexity index is 79.3. The van der Waals surface area contributed by atoms with E-state index in [2.05, 4.69) is 5.32 Å². The molecule has 0 aromatic carbocycles. The number of hydrogen-bond donors (Lipinski definition) is 1. The van der Waals surface area contributed by atoms with E-state index in [0.29, 0.717) is 0 Å². The van der Waals surface area contributed by atoms with Crippen LogP contribution in [0, 0.1) is 5.92 Å². The molecule has 0 unspecified atom stereocenters. The van der Waals surface area contributed by atoms with E-state index >= 15 is 0 Å². The molecule has 0 aliphatic carbocycles. The molecule has 1 fully saturated rings. The van der Waals surface area contributed by atoms with Crippen molar-refractivity contribution in [3.63, 3.8) is 0 Å². The number of nitrogens with one attached hydrogen (secondary N) is 1. The van der Waals surface area contributed by atoms with Crippen LogP contribution in [0.4, 0.5) is 0 Å². The summed E-state index contributed by atoms with van der Waals surface area (Å²) in [6, 6.07) is 0. The summed E-state index contributed by atoms with van der Waals surface area (Å²) in [5.41, 5.74) is 0. The molecular formula is C8H16ClN. The molecule has 1 nitrogen and oxygen atoms in total. The van der Waals surface area contributed by atoms with Gasteiger partial charge in [-0.05, 0) is 44.7 Å². The van der Waals surface area contributed by atoms with Crippen molar-refractivity contribution in [2.75, 3.05) is 19.0 Å². The van der Waals surface area contributed by atoms with E-state index in [4.69, 9.17) is 11.6 Å². The lowest BCUT2D eigenvalue weighted by Gasteiger charge is -2.21. The third kappa shape index (κ3) is 2.89. The molecule has 0 bridgehead atoms. The van der Waals surface area contributed by atoms with E-state index in [9.17, 15) is 0 Å². The van der Waals surface area contributed by atoms with Crippen molar-refractivity contribution in [3.05, 3.63) is 0 Å². The zero-order chi connectivity index (χ0) is 7.23. The number of rotatable bonds is 3. The normalized spacial score (nSPS) is 21.3. The van der Waals surface area contributed by atoms with Gasteiger partial charge in [0.05, 0.1) is 0 Å². The topological polar surface area (TPSA) is 12.0 Å². The van der Waals surface area contributed by atoms with E-state index in [1.807, 2.05) is 0 Å². The Balaban J connectivity index is 2.02. The van der Waals surface area contributed by atoms with Crippen molar-refractivity contribution >= 4 is 11.6 Å². The van der Waals surface area contributed by atoms with Gasteiger partial charge in [-0.1, -0.05) is 0 Å². The Morgan fingerprint density at radius 1 is 1.30 bits per heavy atom. The van der Waals surface area contributed by atoms with Gasteiger partial charge in [-0.2, -0.15) is 0 Å². The highest BCUT2D eigenvalue weighted by Crippen LogP contribution is 2.17. The molecule has 0 atom stereocenters. The fraction of sp³-hybridized carbons (Fsp3) is 1.00. The number of halogens is 1. The van der Waals surface area contributed by atoms with Gasteiger partial charge in [0, 0.05) is 5.88 Å². The molecule has 60 valence electrons. The summed E-state index contributed by atoms with van der Waals surface area (Å²) in [7, 11) is 0. The predicted octanol–water partition coefficient (Wildman–Crippen LogP) is 2.00. The minimum Gasteiger partial charge on any atom is -0.317 e. The Morgan fingerprint density at radius 3 is 2.60 bits per heavy atom. The molecule has 0 saturated carbocycles. The van der Waals surface area contributed by atoms with Crippen molar-refractivity contribution < 1.29 is 0 Å². The van der Waals surface area contributed by atoms with E-state index in [-0.39, 0.29) is 0 Å². The fourth-order valence-electron chi connectivity index (χ4n) is 1.54. The minimum atomic E-state index is 0.837. The summed E-state index contributed by atoms with van der Waals surface area (Å²) in [5.74, 6) is 1.80. The average molecular weight is 162 g/mol. The Kier molecular flexibility index (Phi) is 4.15. The molecule has 0 aromatic heterocycles. The zero-order valence-electron chi connectivity index (χ0n) is 6.41. The smallest absolute Gasteiger partial charge is 0.0223 e. The summed E-state index contributed by atoms with van der Waals surface area (Å²) < 4.78 is 0. The van der Waals surface area contributed by atoms with Crippen LogP contribution in [0.15, 0.2) is 0 Å². The molecule has 0 spiro atoms. The lowest BCUT2D eigenvalue weighted by atomic mass is 9.94. The van der Waals surface area contributed by atoms with Gasteiger partial charge in [0.15, 0.2) is 0 Å². The zero-order valence-corrected chi connectivity index (χ0v) is 7.16. The van der Waals surface area contributed by atoms with Crippen LogP contribution in [0.2, 0.25) is 0 Å². The summed E-state index contributed by atoms with van der Waals surface area (Å²) in [4.78, 5) is 0. The molecule has 0 radical (unpaired) electrons. The predicted molar refractivity (Wildman–Crippen MR) is 45.5 cm³/mol. The third-order valence-electron chi connectivity index (χ3n) is 2.20. The first-order chi connectivity index (χ1) is 4.93. The van der Waals surface area contributed by atoms with Gasteiger partial charge in [0.1, 0.15) is 0 Å². The third-order valence-corrected chi connectivity index (χ3v) is 2.47. The van der Waals surface area contributed by atoms with Gasteiger partial charge in [-0.15, -0.1) is 11.6 Å². The van der Waals surface area contributed by atoms with Crippen molar-refractivity contribution in [3.8, 4) is 0 Å². The first kappa shape index (κ1) is 8.35. The molecule has 1 aliphatic heterocycles. The molecular weight excluding hydrogens is 146 g/mol. The van der Waals surface area contributed by atoms with Gasteiger partial charge in [-0.3, -0.25) is 0 Å². The quantitative estimate of drug-likeness (QED) is 0.625. The molecule has 1 N–H and O–H groups in total. The van der Waals surface area contributed by atoms with E-state index in [1.54, 1.807) is 0 Å². The fourth-order valence-corrected chi connectivity index (χ4v) is 1.69. The molecule has 2 heteroatoms. The second-order valence-electron chi connectivity index (χ2n) is 3.02. The van der Waals surface area contributed by atoms with E-state index < -0.39 is 0 Å². The number of alkyl halides is 1. The van der Waals surface area contributed by atoms with E-state index in [1.165, 1.54) is 38.8 Å².